The predicted molar refractivity (Wildman–Crippen MR) is 143 cm³/mol. The van der Waals surface area contributed by atoms with E-state index in [-0.39, 0.29) is 11.2 Å². The largest absolute Gasteiger partial charge is 0.378 e. The van der Waals surface area contributed by atoms with E-state index in [1.54, 1.807) is 16.9 Å². The summed E-state index contributed by atoms with van der Waals surface area (Å²) in [5.74, 6) is -0.904. The van der Waals surface area contributed by atoms with Gasteiger partial charge in [-0.3, -0.25) is 9.48 Å². The maximum absolute atomic E-state index is 15.0. The molecule has 0 saturated carbocycles. The Morgan fingerprint density at radius 1 is 1.19 bits per heavy atom. The molecule has 1 amide bonds. The van der Waals surface area contributed by atoms with Crippen LogP contribution in [0.15, 0.2) is 43.0 Å². The lowest BCUT2D eigenvalue weighted by atomic mass is 10.00. The van der Waals surface area contributed by atoms with E-state index in [0.717, 1.165) is 41.1 Å². The Hall–Kier alpha value is -3.29. The average molecular weight is 509 g/mol. The number of nitrogens with zero attached hydrogens (tertiary/aromatic N) is 5. The van der Waals surface area contributed by atoms with Gasteiger partial charge in [0.15, 0.2) is 5.65 Å². The number of morpholine rings is 1. The summed E-state index contributed by atoms with van der Waals surface area (Å²) in [6, 6.07) is 5.23. The summed E-state index contributed by atoms with van der Waals surface area (Å²) in [4.78, 5) is 19.9. The van der Waals surface area contributed by atoms with Gasteiger partial charge in [-0.25, -0.2) is 9.37 Å². The smallest absolute Gasteiger partial charge is 0.259 e. The number of amides is 1. The number of imidazole rings is 1. The molecule has 1 N–H and O–H groups in total. The fourth-order valence-corrected chi connectivity index (χ4v) is 5.19. The number of carbonyl (C=O) groups is 1. The number of carbonyl (C=O) groups excluding carboxylic acids is 1. The van der Waals surface area contributed by atoms with Gasteiger partial charge >= 0.3 is 0 Å². The van der Waals surface area contributed by atoms with Crippen LogP contribution in [0.3, 0.4) is 0 Å². The second-order valence-electron chi connectivity index (χ2n) is 10.00. The van der Waals surface area contributed by atoms with Crippen LogP contribution in [-0.2, 0) is 10.3 Å². The third-order valence-corrected chi connectivity index (χ3v) is 6.94. The summed E-state index contributed by atoms with van der Waals surface area (Å²) in [7, 11) is 2.57. The normalized spacial score (nSPS) is 14.4. The van der Waals surface area contributed by atoms with E-state index >= 15 is 4.39 Å². The molecule has 8 nitrogen and oxygen atoms in total. The lowest BCUT2D eigenvalue weighted by Crippen LogP contribution is -2.36. The van der Waals surface area contributed by atoms with E-state index in [2.05, 4.69) is 35.6 Å². The molecule has 3 aromatic heterocycles. The number of aromatic nitrogens is 4. The van der Waals surface area contributed by atoms with Crippen molar-refractivity contribution in [2.45, 2.75) is 33.2 Å². The summed E-state index contributed by atoms with van der Waals surface area (Å²) >= 11 is 0. The lowest BCUT2D eigenvalue weighted by Gasteiger charge is -2.29. The molecule has 1 atom stereocenters. The second kappa shape index (κ2) is 9.30. The van der Waals surface area contributed by atoms with Crippen LogP contribution in [0.1, 0.15) is 36.7 Å². The molecule has 188 valence electrons. The van der Waals surface area contributed by atoms with Gasteiger partial charge in [0.1, 0.15) is 5.82 Å². The number of aryl methyl sites for hydroxylation is 1. The molecule has 4 heterocycles. The Morgan fingerprint density at radius 3 is 2.64 bits per heavy atom. The highest BCUT2D eigenvalue weighted by atomic mass is 31.0. The van der Waals surface area contributed by atoms with Crippen LogP contribution in [0.25, 0.3) is 16.8 Å². The Labute approximate surface area is 211 Å². The molecule has 1 fully saturated rings. The summed E-state index contributed by atoms with van der Waals surface area (Å²) in [6.07, 6.45) is 7.16. The number of ether oxygens (including phenoxy) is 1. The molecule has 0 spiro atoms. The zero-order chi connectivity index (χ0) is 25.6. The topological polar surface area (TPSA) is 76.7 Å². The van der Waals surface area contributed by atoms with Crippen molar-refractivity contribution in [1.29, 1.82) is 0 Å². The number of hydrogen-bond acceptors (Lipinski definition) is 5. The number of anilines is 2. The number of benzene rings is 1. The van der Waals surface area contributed by atoms with E-state index in [0.29, 0.717) is 24.2 Å². The van der Waals surface area contributed by atoms with E-state index in [1.807, 2.05) is 44.5 Å². The number of pyridine rings is 1. The minimum Gasteiger partial charge on any atom is -0.378 e. The molecule has 1 aliphatic rings. The minimum atomic E-state index is -0.491. The third-order valence-electron chi connectivity index (χ3n) is 6.38. The number of fused-ring (bicyclic) bond motifs is 1. The van der Waals surface area contributed by atoms with Gasteiger partial charge in [0.25, 0.3) is 5.91 Å². The maximum atomic E-state index is 15.0. The average Bonchev–Trinajstić information content (AvgIpc) is 3.47. The van der Waals surface area contributed by atoms with Gasteiger partial charge in [0.2, 0.25) is 0 Å². The number of rotatable bonds is 4. The maximum Gasteiger partial charge on any atom is 0.259 e. The van der Waals surface area contributed by atoms with Gasteiger partial charge in [-0.2, -0.15) is 5.10 Å². The molecule has 0 aliphatic carbocycles. The predicted octanol–water partition coefficient (Wildman–Crippen LogP) is 3.99. The summed E-state index contributed by atoms with van der Waals surface area (Å²) in [6.45, 7) is 10.7. The first-order chi connectivity index (χ1) is 17.1. The molecule has 36 heavy (non-hydrogen) atoms. The second-order valence-corrected chi connectivity index (χ2v) is 10.5. The Balaban J connectivity index is 1.52. The van der Waals surface area contributed by atoms with E-state index < -0.39 is 11.7 Å². The van der Waals surface area contributed by atoms with Crippen molar-refractivity contribution in [2.24, 2.45) is 0 Å². The van der Waals surface area contributed by atoms with Crippen molar-refractivity contribution in [3.05, 3.63) is 59.9 Å². The summed E-state index contributed by atoms with van der Waals surface area (Å²) in [5.41, 5.74) is 5.21. The van der Waals surface area contributed by atoms with Gasteiger partial charge in [-0.05, 0) is 57.0 Å². The fourth-order valence-electron chi connectivity index (χ4n) is 4.54. The Morgan fingerprint density at radius 2 is 1.94 bits per heavy atom. The van der Waals surface area contributed by atoms with E-state index in [4.69, 9.17) is 4.74 Å². The molecular formula is C26H30FN6O2P. The van der Waals surface area contributed by atoms with E-state index in [9.17, 15) is 4.79 Å². The summed E-state index contributed by atoms with van der Waals surface area (Å²) < 4.78 is 24.3. The third kappa shape index (κ3) is 4.49. The lowest BCUT2D eigenvalue weighted by molar-refractivity contribution is 0.102. The Kier molecular flexibility index (Phi) is 6.30. The molecular weight excluding hydrogens is 478 g/mol. The van der Waals surface area contributed by atoms with Crippen molar-refractivity contribution < 1.29 is 13.9 Å². The number of halogens is 1. The molecule has 4 aromatic rings. The van der Waals surface area contributed by atoms with Crippen LogP contribution in [0, 0.1) is 12.7 Å². The summed E-state index contributed by atoms with van der Waals surface area (Å²) in [5, 5.41) is 7.10. The van der Waals surface area contributed by atoms with Gasteiger partial charge in [-0.1, -0.05) is 9.24 Å². The standard InChI is InChI=1S/C26H30FN6O2P/c1-16-11-20(27)21(30-24(34)19-14-29-33(25(19)36)26(2,3)4)13-18(16)17-12-22(31-7-9-35-10-8-31)23-28-5-6-32(23)15-17/h5-6,11-15H,7-10,36H2,1-4H3,(H,30,34). The number of hydrogen-bond donors (Lipinski definition) is 1. The van der Waals surface area contributed by atoms with Gasteiger partial charge in [0.05, 0.1) is 47.3 Å². The van der Waals surface area contributed by atoms with E-state index in [1.165, 1.54) is 12.3 Å². The molecule has 0 bridgehead atoms. The quantitative estimate of drug-likeness (QED) is 0.422. The monoisotopic (exact) mass is 508 g/mol. The molecule has 5 rings (SSSR count). The Bertz CT molecular complexity index is 1450. The van der Waals surface area contributed by atoms with Crippen LogP contribution >= 0.6 is 9.24 Å². The highest BCUT2D eigenvalue weighted by Gasteiger charge is 2.23. The van der Waals surface area contributed by atoms with Crippen LogP contribution < -0.4 is 15.7 Å². The van der Waals surface area contributed by atoms with Crippen molar-refractivity contribution in [3.63, 3.8) is 0 Å². The first kappa shape index (κ1) is 24.4. The van der Waals surface area contributed by atoms with Gasteiger partial charge in [-0.15, -0.1) is 0 Å². The molecule has 1 unspecified atom stereocenters. The molecule has 1 aliphatic heterocycles. The van der Waals surface area contributed by atoms with Crippen LogP contribution in [0.5, 0.6) is 0 Å². The molecule has 1 aromatic carbocycles. The zero-order valence-corrected chi connectivity index (χ0v) is 22.0. The highest BCUT2D eigenvalue weighted by molar-refractivity contribution is 7.27. The van der Waals surface area contributed by atoms with Crippen molar-refractivity contribution >= 4 is 37.6 Å². The first-order valence-electron chi connectivity index (χ1n) is 11.9. The molecule has 1 saturated heterocycles. The first-order valence-corrected chi connectivity index (χ1v) is 12.5. The van der Waals surface area contributed by atoms with Crippen molar-refractivity contribution in [2.75, 3.05) is 36.5 Å². The van der Waals surface area contributed by atoms with Crippen LogP contribution in [0.2, 0.25) is 0 Å². The SMILES string of the molecule is Cc1cc(F)c(NC(=O)c2cnn(C(C)(C)C)c2P)cc1-c1cc(N2CCOCC2)c2nccn2c1. The zero-order valence-electron chi connectivity index (χ0n) is 20.9. The molecule has 0 radical (unpaired) electrons. The van der Waals surface area contributed by atoms with Gasteiger partial charge in [0, 0.05) is 37.2 Å². The number of nitrogens with one attached hydrogen (secondary N) is 1. The van der Waals surface area contributed by atoms with Crippen molar-refractivity contribution in [3.8, 4) is 11.1 Å². The fraction of sp³-hybridized carbons (Fsp3) is 0.346. The molecule has 10 heteroatoms. The van der Waals surface area contributed by atoms with Gasteiger partial charge < -0.3 is 19.4 Å². The highest BCUT2D eigenvalue weighted by Crippen LogP contribution is 2.33. The van der Waals surface area contributed by atoms with Crippen molar-refractivity contribution in [1.82, 2.24) is 19.2 Å². The minimum absolute atomic E-state index is 0.118. The van der Waals surface area contributed by atoms with Crippen LogP contribution in [-0.4, -0.2) is 51.4 Å². The van der Waals surface area contributed by atoms with Crippen LogP contribution in [0.4, 0.5) is 15.8 Å².